The van der Waals surface area contributed by atoms with Gasteiger partial charge in [0.05, 0.1) is 12.1 Å². The smallest absolute Gasteiger partial charge is 0.285 e. The fourth-order valence-corrected chi connectivity index (χ4v) is 1.52. The van der Waals surface area contributed by atoms with Crippen LogP contribution in [0.2, 0.25) is 0 Å². The van der Waals surface area contributed by atoms with Gasteiger partial charge in [-0.1, -0.05) is 18.2 Å². The maximum absolute atomic E-state index is 13.5. The third-order valence-corrected chi connectivity index (χ3v) is 2.30. The van der Waals surface area contributed by atoms with E-state index in [1.807, 2.05) is 0 Å². The first-order chi connectivity index (χ1) is 7.15. The number of hydrogen-bond donors (Lipinski definition) is 1. The number of para-hydroxylation sites is 1. The highest BCUT2D eigenvalue weighted by molar-refractivity contribution is 5.82. The monoisotopic (exact) mass is 208 g/mol. The Morgan fingerprint density at radius 3 is 2.67 bits per heavy atom. The molecule has 0 saturated carbocycles. The van der Waals surface area contributed by atoms with Gasteiger partial charge in [0, 0.05) is 17.1 Å². The van der Waals surface area contributed by atoms with E-state index in [1.54, 1.807) is 24.3 Å². The number of hydrogen-bond acceptors (Lipinski definition) is 2. The lowest BCUT2D eigenvalue weighted by Gasteiger charge is -2.15. The number of nitrogens with two attached hydrogens (primary N) is 1. The zero-order valence-corrected chi connectivity index (χ0v) is 7.95. The lowest BCUT2D eigenvalue weighted by atomic mass is 10.0. The summed E-state index contributed by atoms with van der Waals surface area (Å²) in [5.41, 5.74) is 5.56. The highest BCUT2D eigenvalue weighted by Gasteiger charge is 2.31. The number of nitrogens with zero attached hydrogens (tertiary/aromatic N) is 1. The van der Waals surface area contributed by atoms with E-state index in [9.17, 15) is 8.78 Å². The van der Waals surface area contributed by atoms with Crippen molar-refractivity contribution in [3.8, 4) is 0 Å². The molecule has 0 aliphatic carbocycles. The van der Waals surface area contributed by atoms with Crippen molar-refractivity contribution in [2.75, 3.05) is 6.54 Å². The molecule has 1 aromatic heterocycles. The number of halogens is 2. The van der Waals surface area contributed by atoms with Gasteiger partial charge >= 0.3 is 0 Å². The van der Waals surface area contributed by atoms with Gasteiger partial charge in [0.25, 0.3) is 5.92 Å². The van der Waals surface area contributed by atoms with Crippen LogP contribution in [-0.4, -0.2) is 11.5 Å². The van der Waals surface area contributed by atoms with Crippen LogP contribution in [0, 0.1) is 0 Å². The van der Waals surface area contributed by atoms with Crippen LogP contribution in [0.1, 0.15) is 5.56 Å². The third kappa shape index (κ3) is 1.68. The van der Waals surface area contributed by atoms with Crippen LogP contribution in [0.3, 0.4) is 0 Å². The van der Waals surface area contributed by atoms with Crippen LogP contribution >= 0.6 is 0 Å². The van der Waals surface area contributed by atoms with E-state index in [0.717, 1.165) is 0 Å². The topological polar surface area (TPSA) is 38.9 Å². The quantitative estimate of drug-likeness (QED) is 0.822. The second-order valence-electron chi connectivity index (χ2n) is 3.28. The van der Waals surface area contributed by atoms with Crippen LogP contribution < -0.4 is 5.73 Å². The first kappa shape index (κ1) is 9.98. The molecular weight excluding hydrogens is 198 g/mol. The molecule has 4 heteroatoms. The fourth-order valence-electron chi connectivity index (χ4n) is 1.52. The van der Waals surface area contributed by atoms with Crippen molar-refractivity contribution in [2.45, 2.75) is 5.92 Å². The first-order valence-corrected chi connectivity index (χ1v) is 4.57. The van der Waals surface area contributed by atoms with Crippen LogP contribution in [0.15, 0.2) is 36.5 Å². The Balaban J connectivity index is 2.71. The Bertz CT molecular complexity index is 477. The number of benzene rings is 1. The summed E-state index contributed by atoms with van der Waals surface area (Å²) in [6, 6.07) is 8.11. The molecule has 0 bridgehead atoms. The number of rotatable bonds is 2. The maximum Gasteiger partial charge on any atom is 0.285 e. The van der Waals surface area contributed by atoms with Gasteiger partial charge in [0.1, 0.15) is 0 Å². The molecule has 2 rings (SSSR count). The summed E-state index contributed by atoms with van der Waals surface area (Å²) in [4.78, 5) is 4.02. The molecule has 0 atom stereocenters. The van der Waals surface area contributed by atoms with E-state index in [1.165, 1.54) is 12.3 Å². The predicted octanol–water partition coefficient (Wildman–Crippen LogP) is 2.29. The highest BCUT2D eigenvalue weighted by atomic mass is 19.3. The molecule has 0 radical (unpaired) electrons. The van der Waals surface area contributed by atoms with Crippen molar-refractivity contribution in [1.82, 2.24) is 4.98 Å². The first-order valence-electron chi connectivity index (χ1n) is 4.57. The molecule has 2 N–H and O–H groups in total. The summed E-state index contributed by atoms with van der Waals surface area (Å²) in [6.07, 6.45) is 1.38. The highest BCUT2D eigenvalue weighted by Crippen LogP contribution is 2.31. The molecule has 0 fully saturated rings. The van der Waals surface area contributed by atoms with Crippen LogP contribution in [0.25, 0.3) is 10.9 Å². The molecule has 78 valence electrons. The molecule has 0 aliphatic heterocycles. The Labute approximate surface area is 85.7 Å². The molecule has 0 unspecified atom stereocenters. The number of aromatic nitrogens is 1. The standard InChI is InChI=1S/C11H10F2N2/c12-11(13,7-14)9-5-6-15-10-4-2-1-3-8(9)10/h1-6H,7,14H2. The van der Waals surface area contributed by atoms with Crippen molar-refractivity contribution in [3.63, 3.8) is 0 Å². The van der Waals surface area contributed by atoms with Gasteiger partial charge in [-0.2, -0.15) is 8.78 Å². The van der Waals surface area contributed by atoms with Gasteiger partial charge in [-0.05, 0) is 12.1 Å². The number of alkyl halides is 2. The van der Waals surface area contributed by atoms with Crippen molar-refractivity contribution in [3.05, 3.63) is 42.1 Å². The van der Waals surface area contributed by atoms with E-state index in [-0.39, 0.29) is 5.56 Å². The zero-order chi connectivity index (χ0) is 10.9. The van der Waals surface area contributed by atoms with Crippen molar-refractivity contribution >= 4 is 10.9 Å². The molecule has 15 heavy (non-hydrogen) atoms. The minimum atomic E-state index is -3.00. The normalized spacial score (nSPS) is 11.9. The summed E-state index contributed by atoms with van der Waals surface area (Å²) < 4.78 is 26.9. The van der Waals surface area contributed by atoms with Crippen LogP contribution in [-0.2, 0) is 5.92 Å². The molecule has 2 aromatic rings. The summed E-state index contributed by atoms with van der Waals surface area (Å²) in [5.74, 6) is -3.00. The van der Waals surface area contributed by atoms with Gasteiger partial charge in [-0.25, -0.2) is 0 Å². The van der Waals surface area contributed by atoms with Crippen LogP contribution in [0.4, 0.5) is 8.78 Å². The molecule has 0 saturated heterocycles. The average Bonchev–Trinajstić information content (AvgIpc) is 2.28. The Morgan fingerprint density at radius 2 is 1.93 bits per heavy atom. The molecule has 0 spiro atoms. The van der Waals surface area contributed by atoms with Gasteiger partial charge in [0.15, 0.2) is 0 Å². The molecule has 2 nitrogen and oxygen atoms in total. The molecular formula is C11H10F2N2. The van der Waals surface area contributed by atoms with Crippen LogP contribution in [0.5, 0.6) is 0 Å². The summed E-state index contributed by atoms with van der Waals surface area (Å²) in [6.45, 7) is -0.693. The van der Waals surface area contributed by atoms with Gasteiger partial charge in [-0.3, -0.25) is 4.98 Å². The second-order valence-corrected chi connectivity index (χ2v) is 3.28. The zero-order valence-electron chi connectivity index (χ0n) is 7.95. The average molecular weight is 208 g/mol. The molecule has 0 amide bonds. The van der Waals surface area contributed by atoms with Gasteiger partial charge < -0.3 is 5.73 Å². The molecule has 0 aliphatic rings. The van der Waals surface area contributed by atoms with Gasteiger partial charge in [-0.15, -0.1) is 0 Å². The Morgan fingerprint density at radius 1 is 1.20 bits per heavy atom. The van der Waals surface area contributed by atoms with Crippen molar-refractivity contribution < 1.29 is 8.78 Å². The SMILES string of the molecule is NCC(F)(F)c1ccnc2ccccc12. The maximum atomic E-state index is 13.5. The van der Waals surface area contributed by atoms with E-state index < -0.39 is 12.5 Å². The Kier molecular flexibility index (Phi) is 2.36. The fraction of sp³-hybridized carbons (Fsp3) is 0.182. The minimum Gasteiger partial charge on any atom is -0.325 e. The third-order valence-electron chi connectivity index (χ3n) is 2.30. The summed E-state index contributed by atoms with van der Waals surface area (Å²) in [5, 5.41) is 0.454. The number of fused-ring (bicyclic) bond motifs is 1. The van der Waals surface area contributed by atoms with Gasteiger partial charge in [0.2, 0.25) is 0 Å². The van der Waals surface area contributed by atoms with E-state index in [2.05, 4.69) is 4.98 Å². The van der Waals surface area contributed by atoms with E-state index >= 15 is 0 Å². The lowest BCUT2D eigenvalue weighted by Crippen LogP contribution is -2.25. The Hall–Kier alpha value is -1.55. The van der Waals surface area contributed by atoms with Crippen molar-refractivity contribution in [1.29, 1.82) is 0 Å². The summed E-state index contributed by atoms with van der Waals surface area (Å²) in [7, 11) is 0. The largest absolute Gasteiger partial charge is 0.325 e. The molecule has 1 heterocycles. The minimum absolute atomic E-state index is 0.0596. The lowest BCUT2D eigenvalue weighted by molar-refractivity contribution is 0.00748. The summed E-state index contributed by atoms with van der Waals surface area (Å²) >= 11 is 0. The molecule has 1 aromatic carbocycles. The second kappa shape index (κ2) is 3.55. The van der Waals surface area contributed by atoms with E-state index in [4.69, 9.17) is 5.73 Å². The van der Waals surface area contributed by atoms with E-state index in [0.29, 0.717) is 10.9 Å². The predicted molar refractivity (Wildman–Crippen MR) is 54.7 cm³/mol. The van der Waals surface area contributed by atoms with Crippen molar-refractivity contribution in [2.24, 2.45) is 5.73 Å². The number of pyridine rings is 1.